The maximum atomic E-state index is 13.5. The van der Waals surface area contributed by atoms with Gasteiger partial charge in [-0.15, -0.1) is 0 Å². The molecule has 0 spiro atoms. The molecular weight excluding hydrogens is 518 g/mol. The lowest BCUT2D eigenvalue weighted by Crippen LogP contribution is -2.14. The molecule has 1 N–H and O–H groups in total. The number of aliphatic imine (C=N–C) groups is 1. The number of pyridine rings is 2. The standard InChI is InChI=1S/C31H31N7OS/c1-5-24-29-25(10-7-11-26(29)38(36-24)17-23-9-6-8-20(3)34-23)35-30(39)27-16-33-28-15-21(12-13-37(27)28)31(32-4)40-18-22-14-19(22)2/h6-13,15-16,18-19H,5,14,17H2,1-4H3,(H,35,39). The number of fused-ring (bicyclic) bond motifs is 2. The zero-order valence-electron chi connectivity index (χ0n) is 23.0. The fourth-order valence-electron chi connectivity index (χ4n) is 4.93. The van der Waals surface area contributed by atoms with E-state index in [4.69, 9.17) is 5.10 Å². The van der Waals surface area contributed by atoms with Crippen LogP contribution in [0.15, 0.2) is 76.9 Å². The van der Waals surface area contributed by atoms with E-state index in [-0.39, 0.29) is 5.91 Å². The molecule has 0 bridgehead atoms. The summed E-state index contributed by atoms with van der Waals surface area (Å²) in [5, 5.41) is 12.1. The molecule has 1 fully saturated rings. The molecule has 4 aromatic heterocycles. The van der Waals surface area contributed by atoms with E-state index in [1.165, 1.54) is 12.0 Å². The number of aromatic nitrogens is 5. The van der Waals surface area contributed by atoms with Gasteiger partial charge in [0, 0.05) is 29.9 Å². The van der Waals surface area contributed by atoms with Gasteiger partial charge >= 0.3 is 0 Å². The highest BCUT2D eigenvalue weighted by molar-refractivity contribution is 8.16. The van der Waals surface area contributed by atoms with Gasteiger partial charge in [0.05, 0.1) is 35.3 Å². The van der Waals surface area contributed by atoms with E-state index >= 15 is 0 Å². The van der Waals surface area contributed by atoms with Gasteiger partial charge in [0.25, 0.3) is 5.91 Å². The highest BCUT2D eigenvalue weighted by atomic mass is 32.2. The second-order valence-electron chi connectivity index (χ2n) is 10.1. The van der Waals surface area contributed by atoms with Crippen LogP contribution in [0.5, 0.6) is 0 Å². The third-order valence-electron chi connectivity index (χ3n) is 7.22. The molecule has 9 heteroatoms. The summed E-state index contributed by atoms with van der Waals surface area (Å²) in [7, 11) is 1.80. The Kier molecular flexibility index (Phi) is 6.98. The smallest absolute Gasteiger partial charge is 0.274 e. The van der Waals surface area contributed by atoms with Crippen molar-refractivity contribution in [2.75, 3.05) is 12.4 Å². The minimum absolute atomic E-state index is 0.228. The molecule has 1 aromatic carbocycles. The number of thioether (sulfide) groups is 1. The zero-order chi connectivity index (χ0) is 27.8. The fraction of sp³-hybridized carbons (Fsp3) is 0.258. The van der Waals surface area contributed by atoms with E-state index in [0.717, 1.165) is 50.7 Å². The number of hydrogen-bond acceptors (Lipinski definition) is 6. The fourth-order valence-corrected chi connectivity index (χ4v) is 5.89. The predicted molar refractivity (Wildman–Crippen MR) is 162 cm³/mol. The third kappa shape index (κ3) is 5.04. The van der Waals surface area contributed by atoms with Gasteiger partial charge in [0.2, 0.25) is 0 Å². The van der Waals surface area contributed by atoms with E-state index in [1.54, 1.807) is 25.0 Å². The van der Waals surface area contributed by atoms with Gasteiger partial charge in [-0.3, -0.25) is 23.9 Å². The average Bonchev–Trinajstić information content (AvgIpc) is 3.33. The molecule has 0 saturated heterocycles. The van der Waals surface area contributed by atoms with Crippen molar-refractivity contribution in [3.63, 3.8) is 0 Å². The SMILES string of the molecule is CCc1nn(Cc2cccc(C)n2)c2cccc(NC(=O)c3cnc4cc(C(=NC)SC=C5CC5C)ccn34)c12. The first-order chi connectivity index (χ1) is 19.4. The quantitative estimate of drug-likeness (QED) is 0.191. The highest BCUT2D eigenvalue weighted by Crippen LogP contribution is 2.39. The normalized spacial score (nSPS) is 16.2. The molecule has 5 aromatic rings. The number of nitrogens with one attached hydrogen (secondary N) is 1. The van der Waals surface area contributed by atoms with Gasteiger partial charge < -0.3 is 5.32 Å². The van der Waals surface area contributed by atoms with Crippen LogP contribution in [0.4, 0.5) is 5.69 Å². The lowest BCUT2D eigenvalue weighted by molar-refractivity contribution is 0.102. The maximum Gasteiger partial charge on any atom is 0.274 e. The molecule has 1 saturated carbocycles. The summed E-state index contributed by atoms with van der Waals surface area (Å²) in [5.74, 6) is 0.453. The van der Waals surface area contributed by atoms with Crippen molar-refractivity contribution in [2.45, 2.75) is 40.2 Å². The second-order valence-corrected chi connectivity index (χ2v) is 11.0. The maximum absolute atomic E-state index is 13.5. The van der Waals surface area contributed by atoms with Crippen LogP contribution in [0.1, 0.15) is 53.4 Å². The molecule has 1 unspecified atom stereocenters. The molecule has 1 amide bonds. The van der Waals surface area contributed by atoms with Gasteiger partial charge in [0.1, 0.15) is 16.4 Å². The van der Waals surface area contributed by atoms with E-state index < -0.39 is 0 Å². The van der Waals surface area contributed by atoms with Crippen LogP contribution < -0.4 is 5.32 Å². The van der Waals surface area contributed by atoms with E-state index in [1.807, 2.05) is 70.7 Å². The zero-order valence-corrected chi connectivity index (χ0v) is 23.9. The first kappa shape index (κ1) is 26.0. The molecule has 6 rings (SSSR count). The molecule has 1 atom stereocenters. The second kappa shape index (κ2) is 10.7. The Bertz CT molecular complexity index is 1810. The van der Waals surface area contributed by atoms with Crippen molar-refractivity contribution in [3.8, 4) is 0 Å². The lowest BCUT2D eigenvalue weighted by Gasteiger charge is -2.09. The third-order valence-corrected chi connectivity index (χ3v) is 8.29. The molecule has 0 aliphatic heterocycles. The predicted octanol–water partition coefficient (Wildman–Crippen LogP) is 6.28. The van der Waals surface area contributed by atoms with Gasteiger partial charge in [-0.05, 0) is 67.5 Å². The number of carbonyl (C=O) groups is 1. The summed E-state index contributed by atoms with van der Waals surface area (Å²) in [6.07, 6.45) is 5.41. The van der Waals surface area contributed by atoms with Crippen LogP contribution in [0.3, 0.4) is 0 Å². The van der Waals surface area contributed by atoms with Crippen molar-refractivity contribution in [2.24, 2.45) is 10.9 Å². The summed E-state index contributed by atoms with van der Waals surface area (Å²) >= 11 is 1.64. The number of nitrogens with zero attached hydrogens (tertiary/aromatic N) is 6. The average molecular weight is 550 g/mol. The van der Waals surface area contributed by atoms with Crippen molar-refractivity contribution in [1.29, 1.82) is 0 Å². The molecule has 40 heavy (non-hydrogen) atoms. The minimum Gasteiger partial charge on any atom is -0.320 e. The van der Waals surface area contributed by atoms with Crippen molar-refractivity contribution < 1.29 is 4.79 Å². The number of imidazole rings is 1. The molecule has 4 heterocycles. The summed E-state index contributed by atoms with van der Waals surface area (Å²) in [5.41, 5.74) is 8.14. The van der Waals surface area contributed by atoms with Gasteiger partial charge in [-0.25, -0.2) is 4.98 Å². The molecule has 8 nitrogen and oxygen atoms in total. The van der Waals surface area contributed by atoms with Gasteiger partial charge in [0.15, 0.2) is 0 Å². The van der Waals surface area contributed by atoms with Crippen LogP contribution in [0.2, 0.25) is 0 Å². The first-order valence-corrected chi connectivity index (χ1v) is 14.3. The Labute approximate surface area is 237 Å². The van der Waals surface area contributed by atoms with Crippen LogP contribution >= 0.6 is 11.8 Å². The molecule has 0 radical (unpaired) electrons. The first-order valence-electron chi connectivity index (χ1n) is 13.5. The lowest BCUT2D eigenvalue weighted by atomic mass is 10.1. The molecule has 1 aliphatic rings. The topological polar surface area (TPSA) is 89.5 Å². The van der Waals surface area contributed by atoms with Crippen LogP contribution in [0, 0.1) is 12.8 Å². The van der Waals surface area contributed by atoms with E-state index in [9.17, 15) is 4.79 Å². The number of benzene rings is 1. The summed E-state index contributed by atoms with van der Waals surface area (Å²) < 4.78 is 3.78. The Hall–Kier alpha value is -4.24. The van der Waals surface area contributed by atoms with Crippen molar-refractivity contribution in [1.82, 2.24) is 24.1 Å². The summed E-state index contributed by atoms with van der Waals surface area (Å²) in [6.45, 7) is 6.85. The van der Waals surface area contributed by atoms with Crippen molar-refractivity contribution >= 4 is 45.0 Å². The Balaban J connectivity index is 1.27. The largest absolute Gasteiger partial charge is 0.320 e. The molecular formula is C31H31N7OS. The van der Waals surface area contributed by atoms with Crippen LogP contribution in [-0.4, -0.2) is 42.1 Å². The molecule has 1 aliphatic carbocycles. The summed E-state index contributed by atoms with van der Waals surface area (Å²) in [4.78, 5) is 27.2. The number of hydrogen-bond donors (Lipinski definition) is 1. The van der Waals surface area contributed by atoms with E-state index in [2.05, 4.69) is 39.5 Å². The summed E-state index contributed by atoms with van der Waals surface area (Å²) in [6, 6.07) is 15.9. The number of anilines is 1. The number of amides is 1. The Morgan fingerprint density at radius 3 is 2.80 bits per heavy atom. The molecule has 202 valence electrons. The van der Waals surface area contributed by atoms with E-state index in [0.29, 0.717) is 23.8 Å². The van der Waals surface area contributed by atoms with Crippen molar-refractivity contribution in [3.05, 3.63) is 100 Å². The highest BCUT2D eigenvalue weighted by Gasteiger charge is 2.24. The van der Waals surface area contributed by atoms with Gasteiger partial charge in [-0.2, -0.15) is 5.10 Å². The Morgan fingerprint density at radius 1 is 1.23 bits per heavy atom. The van der Waals surface area contributed by atoms with Crippen LogP contribution in [0.25, 0.3) is 16.6 Å². The number of aryl methyl sites for hydroxylation is 2. The number of allylic oxidation sites excluding steroid dienone is 1. The number of rotatable bonds is 7. The Morgan fingerprint density at radius 2 is 2.05 bits per heavy atom. The minimum atomic E-state index is -0.228. The number of carbonyl (C=O) groups excluding carboxylic acids is 1. The van der Waals surface area contributed by atoms with Crippen LogP contribution in [-0.2, 0) is 13.0 Å². The monoisotopic (exact) mass is 549 g/mol. The van der Waals surface area contributed by atoms with Gasteiger partial charge in [-0.1, -0.05) is 43.3 Å².